The Bertz CT molecular complexity index is 480. The van der Waals surface area contributed by atoms with Crippen molar-refractivity contribution in [3.63, 3.8) is 0 Å². The number of methoxy groups -OCH3 is 1. The van der Waals surface area contributed by atoms with Crippen LogP contribution in [0.3, 0.4) is 0 Å². The highest BCUT2D eigenvalue weighted by Gasteiger charge is 2.11. The fourth-order valence-electron chi connectivity index (χ4n) is 1.20. The molecule has 1 aromatic rings. The number of ether oxygens (including phenoxy) is 1. The van der Waals surface area contributed by atoms with Gasteiger partial charge in [-0.05, 0) is 6.42 Å². The van der Waals surface area contributed by atoms with Crippen LogP contribution >= 0.6 is 0 Å². The molecule has 0 aliphatic heterocycles. The molecule has 96 valence electrons. The summed E-state index contributed by atoms with van der Waals surface area (Å²) in [6, 6.07) is 0. The number of hydrogen-bond acceptors (Lipinski definition) is 5. The molecule has 0 saturated carbocycles. The fourth-order valence-corrected chi connectivity index (χ4v) is 2.30. The third-order valence-electron chi connectivity index (χ3n) is 1.90. The molecule has 17 heavy (non-hydrogen) atoms. The number of esters is 1. The predicted octanol–water partition coefficient (Wildman–Crippen LogP) is 0.208. The van der Waals surface area contributed by atoms with E-state index in [9.17, 15) is 13.2 Å². The van der Waals surface area contributed by atoms with Crippen LogP contribution < -0.4 is 4.72 Å². The maximum atomic E-state index is 11.4. The number of carbonyl (C=O) groups excluding carboxylic acids is 1. The van der Waals surface area contributed by atoms with Crippen molar-refractivity contribution in [2.24, 2.45) is 0 Å². The van der Waals surface area contributed by atoms with Crippen LogP contribution in [0.5, 0.6) is 0 Å². The molecule has 0 fully saturated rings. The number of carbonyl (C=O) groups is 1. The van der Waals surface area contributed by atoms with Gasteiger partial charge in [0.05, 0.1) is 24.7 Å². The second-order valence-corrected chi connectivity index (χ2v) is 5.27. The van der Waals surface area contributed by atoms with E-state index in [4.69, 9.17) is 0 Å². The standard InChI is InChI=1S/C9H15N3O4S/c1-3-4-17(14,15)11-8-5-10-12(6-8)7-9(13)16-2/h5-6,11H,3-4,7H2,1-2H3. The number of sulfonamides is 1. The summed E-state index contributed by atoms with van der Waals surface area (Å²) in [5.41, 5.74) is 0.336. The van der Waals surface area contributed by atoms with E-state index in [1.54, 1.807) is 6.92 Å². The average molecular weight is 261 g/mol. The van der Waals surface area contributed by atoms with Crippen molar-refractivity contribution in [3.8, 4) is 0 Å². The minimum absolute atomic E-state index is 0.0496. The molecule has 0 aliphatic carbocycles. The van der Waals surface area contributed by atoms with E-state index < -0.39 is 16.0 Å². The molecule has 0 aliphatic rings. The van der Waals surface area contributed by atoms with Crippen molar-refractivity contribution in [1.29, 1.82) is 0 Å². The van der Waals surface area contributed by atoms with Crippen molar-refractivity contribution in [3.05, 3.63) is 12.4 Å². The second kappa shape index (κ2) is 5.67. The van der Waals surface area contributed by atoms with Crippen molar-refractivity contribution in [2.45, 2.75) is 19.9 Å². The van der Waals surface area contributed by atoms with Crippen molar-refractivity contribution in [1.82, 2.24) is 9.78 Å². The summed E-state index contributed by atoms with van der Waals surface area (Å²) >= 11 is 0. The minimum Gasteiger partial charge on any atom is -0.468 e. The van der Waals surface area contributed by atoms with E-state index in [1.807, 2.05) is 0 Å². The molecule has 0 amide bonds. The van der Waals surface area contributed by atoms with Crippen LogP contribution in [0.15, 0.2) is 12.4 Å². The average Bonchev–Trinajstić information content (AvgIpc) is 2.64. The highest BCUT2D eigenvalue weighted by molar-refractivity contribution is 7.92. The first-order valence-electron chi connectivity index (χ1n) is 5.06. The third kappa shape index (κ3) is 4.43. The molecule has 0 unspecified atom stereocenters. The van der Waals surface area contributed by atoms with Crippen molar-refractivity contribution >= 4 is 21.7 Å². The zero-order valence-corrected chi connectivity index (χ0v) is 10.5. The van der Waals surface area contributed by atoms with Gasteiger partial charge in [0.15, 0.2) is 0 Å². The summed E-state index contributed by atoms with van der Waals surface area (Å²) < 4.78 is 31.0. The molecule has 0 radical (unpaired) electrons. The van der Waals surface area contributed by atoms with Crippen LogP contribution in [0.1, 0.15) is 13.3 Å². The molecule has 7 nitrogen and oxygen atoms in total. The highest BCUT2D eigenvalue weighted by atomic mass is 32.2. The summed E-state index contributed by atoms with van der Waals surface area (Å²) in [5, 5.41) is 3.84. The van der Waals surface area contributed by atoms with E-state index in [2.05, 4.69) is 14.6 Å². The van der Waals surface area contributed by atoms with Crippen LogP contribution in [0.2, 0.25) is 0 Å². The Kier molecular flexibility index (Phi) is 4.50. The van der Waals surface area contributed by atoms with Gasteiger partial charge in [0.25, 0.3) is 0 Å². The Labute approximate surface area is 99.8 Å². The Morgan fingerprint density at radius 3 is 2.88 bits per heavy atom. The molecule has 0 spiro atoms. The van der Waals surface area contributed by atoms with Gasteiger partial charge < -0.3 is 4.74 Å². The number of nitrogens with one attached hydrogen (secondary N) is 1. The topological polar surface area (TPSA) is 90.3 Å². The van der Waals surface area contributed by atoms with E-state index in [1.165, 1.54) is 24.2 Å². The quantitative estimate of drug-likeness (QED) is 0.739. The van der Waals surface area contributed by atoms with E-state index >= 15 is 0 Å². The van der Waals surface area contributed by atoms with Gasteiger partial charge in [-0.15, -0.1) is 0 Å². The monoisotopic (exact) mass is 261 g/mol. The zero-order valence-electron chi connectivity index (χ0n) is 9.71. The number of hydrogen-bond donors (Lipinski definition) is 1. The van der Waals surface area contributed by atoms with E-state index in [0.29, 0.717) is 12.1 Å². The van der Waals surface area contributed by atoms with Crippen molar-refractivity contribution in [2.75, 3.05) is 17.6 Å². The lowest BCUT2D eigenvalue weighted by Gasteiger charge is -2.03. The summed E-state index contributed by atoms with van der Waals surface area (Å²) in [7, 11) is -2.05. The maximum Gasteiger partial charge on any atom is 0.327 e. The van der Waals surface area contributed by atoms with Crippen LogP contribution in [0, 0.1) is 0 Å². The number of aromatic nitrogens is 2. The lowest BCUT2D eigenvalue weighted by atomic mass is 10.6. The lowest BCUT2D eigenvalue weighted by molar-refractivity contribution is -0.141. The SMILES string of the molecule is CCCS(=O)(=O)Nc1cnn(CC(=O)OC)c1. The highest BCUT2D eigenvalue weighted by Crippen LogP contribution is 2.08. The zero-order chi connectivity index (χ0) is 12.9. The van der Waals surface area contributed by atoms with Crippen LogP contribution in [-0.4, -0.2) is 37.0 Å². The molecule has 1 heterocycles. The third-order valence-corrected chi connectivity index (χ3v) is 3.39. The van der Waals surface area contributed by atoms with Gasteiger partial charge in [-0.3, -0.25) is 14.2 Å². The summed E-state index contributed by atoms with van der Waals surface area (Å²) in [6.45, 7) is 1.73. The molecule has 0 bridgehead atoms. The van der Waals surface area contributed by atoms with Gasteiger partial charge in [-0.2, -0.15) is 5.10 Å². The van der Waals surface area contributed by atoms with Gasteiger partial charge in [0.2, 0.25) is 10.0 Å². The minimum atomic E-state index is -3.32. The molecule has 1 aromatic heterocycles. The van der Waals surface area contributed by atoms with Gasteiger partial charge in [0, 0.05) is 6.20 Å². The molecule has 8 heteroatoms. The lowest BCUT2D eigenvalue weighted by Crippen LogP contribution is -2.16. The molecule has 1 N–H and O–H groups in total. The van der Waals surface area contributed by atoms with Gasteiger partial charge >= 0.3 is 5.97 Å². The largest absolute Gasteiger partial charge is 0.468 e. The smallest absolute Gasteiger partial charge is 0.327 e. The van der Waals surface area contributed by atoms with Crippen LogP contribution in [-0.2, 0) is 26.1 Å². The Balaban J connectivity index is 2.66. The fraction of sp³-hybridized carbons (Fsp3) is 0.556. The van der Waals surface area contributed by atoms with Crippen molar-refractivity contribution < 1.29 is 17.9 Å². The molecule has 1 rings (SSSR count). The van der Waals surface area contributed by atoms with Gasteiger partial charge in [0.1, 0.15) is 6.54 Å². The Morgan fingerprint density at radius 1 is 1.59 bits per heavy atom. The molecule has 0 aromatic carbocycles. The number of nitrogens with zero attached hydrogens (tertiary/aromatic N) is 2. The summed E-state index contributed by atoms with van der Waals surface area (Å²) in [6.07, 6.45) is 3.31. The van der Waals surface area contributed by atoms with Crippen LogP contribution in [0.4, 0.5) is 5.69 Å². The first-order chi connectivity index (χ1) is 7.96. The van der Waals surface area contributed by atoms with Crippen LogP contribution in [0.25, 0.3) is 0 Å². The Hall–Kier alpha value is -1.57. The van der Waals surface area contributed by atoms with Gasteiger partial charge in [-0.25, -0.2) is 8.42 Å². The molecular formula is C9H15N3O4S. The summed E-state index contributed by atoms with van der Waals surface area (Å²) in [4.78, 5) is 11.0. The maximum absolute atomic E-state index is 11.4. The first-order valence-corrected chi connectivity index (χ1v) is 6.72. The second-order valence-electron chi connectivity index (χ2n) is 3.42. The Morgan fingerprint density at radius 2 is 2.29 bits per heavy atom. The molecule has 0 atom stereocenters. The number of rotatable bonds is 6. The van der Waals surface area contributed by atoms with Gasteiger partial charge in [-0.1, -0.05) is 6.92 Å². The summed E-state index contributed by atoms with van der Waals surface area (Å²) in [5.74, 6) is -0.397. The first kappa shape index (κ1) is 13.5. The molecule has 0 saturated heterocycles. The van der Waals surface area contributed by atoms with E-state index in [0.717, 1.165) is 0 Å². The predicted molar refractivity (Wildman–Crippen MR) is 61.9 cm³/mol. The normalized spacial score (nSPS) is 11.2. The van der Waals surface area contributed by atoms with E-state index in [-0.39, 0.29) is 12.3 Å². The molecular weight excluding hydrogens is 246 g/mol. The number of anilines is 1.